The average molecular weight is 422 g/mol. The third kappa shape index (κ3) is 3.76. The molecule has 1 atom stereocenters. The summed E-state index contributed by atoms with van der Waals surface area (Å²) in [5, 5.41) is 11.9. The Morgan fingerprint density at radius 2 is 1.65 bits per heavy atom. The number of rotatable bonds is 6. The quantitative estimate of drug-likeness (QED) is 0.745. The highest BCUT2D eigenvalue weighted by molar-refractivity contribution is 5.88. The van der Waals surface area contributed by atoms with E-state index < -0.39 is 23.5 Å². The maximum atomic E-state index is 12.7. The Morgan fingerprint density at radius 3 is 2.16 bits per heavy atom. The Bertz CT molecular complexity index is 983. The maximum absolute atomic E-state index is 12.7. The first kappa shape index (κ1) is 20.9. The largest absolute Gasteiger partial charge is 0.481 e. The predicted molar refractivity (Wildman–Crippen MR) is 115 cm³/mol. The molecule has 162 valence electrons. The number of alkyl carbamates (subject to hydrolysis) is 1. The van der Waals surface area contributed by atoms with Crippen LogP contribution in [-0.2, 0) is 14.3 Å². The molecular weight excluding hydrogens is 396 g/mol. The first-order valence-electron chi connectivity index (χ1n) is 10.5. The lowest BCUT2D eigenvalue weighted by molar-refractivity contribution is -0.164. The summed E-state index contributed by atoms with van der Waals surface area (Å²) in [7, 11) is 0. The second-order valence-corrected chi connectivity index (χ2v) is 8.49. The lowest BCUT2D eigenvalue weighted by Crippen LogP contribution is -2.64. The van der Waals surface area contributed by atoms with Crippen LogP contribution in [0.3, 0.4) is 0 Å². The molecule has 31 heavy (non-hydrogen) atoms. The Kier molecular flexibility index (Phi) is 5.43. The normalized spacial score (nSPS) is 17.2. The van der Waals surface area contributed by atoms with Crippen molar-refractivity contribution in [3.05, 3.63) is 59.7 Å². The van der Waals surface area contributed by atoms with Crippen LogP contribution in [0.15, 0.2) is 48.5 Å². The first-order valence-corrected chi connectivity index (χ1v) is 10.5. The standard InChI is InChI=1S/C24H26N2O5/c1-3-20(21(27)26-13-24(2,14-26)22(28)29)25-23(30)31-12-19-17-10-6-4-8-15(17)16-9-5-7-11-18(16)19/h4-11,19-20H,3,12-14H2,1-2H3,(H,25,30)(H,28,29). The maximum Gasteiger partial charge on any atom is 0.407 e. The van der Waals surface area contributed by atoms with E-state index >= 15 is 0 Å². The summed E-state index contributed by atoms with van der Waals surface area (Å²) in [4.78, 5) is 37.8. The molecule has 0 aromatic heterocycles. The van der Waals surface area contributed by atoms with Gasteiger partial charge in [-0.3, -0.25) is 9.59 Å². The molecule has 1 fully saturated rings. The number of aliphatic carboxylic acids is 1. The molecule has 0 spiro atoms. The fourth-order valence-corrected chi connectivity index (χ4v) is 4.43. The summed E-state index contributed by atoms with van der Waals surface area (Å²) in [6.45, 7) is 3.86. The second kappa shape index (κ2) is 8.06. The van der Waals surface area contributed by atoms with Gasteiger partial charge in [0, 0.05) is 19.0 Å². The molecule has 2 amide bonds. The molecule has 2 N–H and O–H groups in total. The highest BCUT2D eigenvalue weighted by Crippen LogP contribution is 2.44. The Balaban J connectivity index is 1.37. The molecular formula is C24H26N2O5. The number of hydrogen-bond donors (Lipinski definition) is 2. The average Bonchev–Trinajstić information content (AvgIpc) is 3.07. The van der Waals surface area contributed by atoms with Crippen LogP contribution in [0.1, 0.15) is 37.3 Å². The van der Waals surface area contributed by atoms with E-state index in [1.54, 1.807) is 13.8 Å². The molecule has 2 aromatic rings. The molecule has 1 saturated heterocycles. The van der Waals surface area contributed by atoms with E-state index in [9.17, 15) is 19.5 Å². The predicted octanol–water partition coefficient (Wildman–Crippen LogP) is 3.24. The number of carbonyl (C=O) groups excluding carboxylic acids is 2. The number of nitrogens with one attached hydrogen (secondary N) is 1. The molecule has 0 bridgehead atoms. The van der Waals surface area contributed by atoms with Crippen molar-refractivity contribution in [3.63, 3.8) is 0 Å². The number of carboxylic acid groups (broad SMARTS) is 1. The zero-order valence-electron chi connectivity index (χ0n) is 17.6. The number of ether oxygens (including phenoxy) is 1. The molecule has 1 aliphatic carbocycles. The van der Waals surface area contributed by atoms with E-state index in [4.69, 9.17) is 4.74 Å². The van der Waals surface area contributed by atoms with Crippen LogP contribution in [0.4, 0.5) is 4.79 Å². The van der Waals surface area contributed by atoms with Crippen molar-refractivity contribution in [3.8, 4) is 11.1 Å². The fraction of sp³-hybridized carbons (Fsp3) is 0.375. The number of carbonyl (C=O) groups is 3. The van der Waals surface area contributed by atoms with Gasteiger partial charge < -0.3 is 20.1 Å². The van der Waals surface area contributed by atoms with E-state index in [2.05, 4.69) is 17.4 Å². The molecule has 4 rings (SSSR count). The van der Waals surface area contributed by atoms with Gasteiger partial charge in [-0.05, 0) is 35.6 Å². The number of nitrogens with zero attached hydrogens (tertiary/aromatic N) is 1. The Morgan fingerprint density at radius 1 is 1.10 bits per heavy atom. The number of amides is 2. The Hall–Kier alpha value is -3.35. The van der Waals surface area contributed by atoms with Gasteiger partial charge in [0.25, 0.3) is 0 Å². The molecule has 7 heteroatoms. The van der Waals surface area contributed by atoms with Crippen LogP contribution in [0, 0.1) is 5.41 Å². The van der Waals surface area contributed by atoms with Gasteiger partial charge in [0.1, 0.15) is 12.6 Å². The van der Waals surface area contributed by atoms with Crippen LogP contribution >= 0.6 is 0 Å². The third-order valence-corrected chi connectivity index (χ3v) is 6.25. The smallest absolute Gasteiger partial charge is 0.407 e. The highest BCUT2D eigenvalue weighted by Gasteiger charge is 2.48. The monoisotopic (exact) mass is 422 g/mol. The highest BCUT2D eigenvalue weighted by atomic mass is 16.5. The fourth-order valence-electron chi connectivity index (χ4n) is 4.43. The number of benzene rings is 2. The topological polar surface area (TPSA) is 95.9 Å². The van der Waals surface area contributed by atoms with Crippen LogP contribution in [0.2, 0.25) is 0 Å². The van der Waals surface area contributed by atoms with Gasteiger partial charge in [-0.2, -0.15) is 0 Å². The lowest BCUT2D eigenvalue weighted by Gasteiger charge is -2.46. The summed E-state index contributed by atoms with van der Waals surface area (Å²) in [5.74, 6) is -1.26. The Labute approximate surface area is 181 Å². The SMILES string of the molecule is CCC(NC(=O)OCC1c2ccccc2-c2ccccc21)C(=O)N1CC(C)(C(=O)O)C1. The van der Waals surface area contributed by atoms with Gasteiger partial charge in [0.05, 0.1) is 5.41 Å². The number of fused-ring (bicyclic) bond motifs is 3. The summed E-state index contributed by atoms with van der Waals surface area (Å²) >= 11 is 0. The van der Waals surface area contributed by atoms with Crippen molar-refractivity contribution >= 4 is 18.0 Å². The van der Waals surface area contributed by atoms with Crippen molar-refractivity contribution in [1.29, 1.82) is 0 Å². The van der Waals surface area contributed by atoms with Gasteiger partial charge in [0.2, 0.25) is 5.91 Å². The minimum Gasteiger partial charge on any atom is -0.481 e. The minimum absolute atomic E-state index is 0.0550. The third-order valence-electron chi connectivity index (χ3n) is 6.25. The molecule has 1 heterocycles. The van der Waals surface area contributed by atoms with Gasteiger partial charge in [-0.15, -0.1) is 0 Å². The summed E-state index contributed by atoms with van der Waals surface area (Å²) in [6.07, 6.45) is -0.257. The van der Waals surface area contributed by atoms with Crippen molar-refractivity contribution in [2.45, 2.75) is 32.2 Å². The lowest BCUT2D eigenvalue weighted by atomic mass is 9.81. The zero-order chi connectivity index (χ0) is 22.2. The van der Waals surface area contributed by atoms with E-state index in [1.165, 1.54) is 4.90 Å². The van der Waals surface area contributed by atoms with E-state index in [0.29, 0.717) is 6.42 Å². The van der Waals surface area contributed by atoms with Gasteiger partial charge in [-0.1, -0.05) is 55.5 Å². The molecule has 0 radical (unpaired) electrons. The van der Waals surface area contributed by atoms with Crippen LogP contribution in [0.25, 0.3) is 11.1 Å². The molecule has 2 aliphatic rings. The van der Waals surface area contributed by atoms with Gasteiger partial charge >= 0.3 is 12.1 Å². The van der Waals surface area contributed by atoms with Crippen LogP contribution < -0.4 is 5.32 Å². The van der Waals surface area contributed by atoms with Crippen LogP contribution in [-0.4, -0.2) is 53.7 Å². The van der Waals surface area contributed by atoms with Crippen LogP contribution in [0.5, 0.6) is 0 Å². The van der Waals surface area contributed by atoms with Crippen molar-refractivity contribution in [2.24, 2.45) is 5.41 Å². The van der Waals surface area contributed by atoms with Crippen molar-refractivity contribution in [1.82, 2.24) is 10.2 Å². The van der Waals surface area contributed by atoms with Crippen molar-refractivity contribution in [2.75, 3.05) is 19.7 Å². The van der Waals surface area contributed by atoms with Gasteiger partial charge in [0.15, 0.2) is 0 Å². The van der Waals surface area contributed by atoms with Gasteiger partial charge in [-0.25, -0.2) is 4.79 Å². The number of likely N-dealkylation sites (tertiary alicyclic amines) is 1. The summed E-state index contributed by atoms with van der Waals surface area (Å²) in [5.41, 5.74) is 3.61. The first-order chi connectivity index (χ1) is 14.8. The summed E-state index contributed by atoms with van der Waals surface area (Å²) in [6, 6.07) is 15.4. The van der Waals surface area contributed by atoms with E-state index in [0.717, 1.165) is 22.3 Å². The second-order valence-electron chi connectivity index (χ2n) is 8.49. The molecule has 1 unspecified atom stereocenters. The van der Waals surface area contributed by atoms with Crippen molar-refractivity contribution < 1.29 is 24.2 Å². The number of hydrogen-bond acceptors (Lipinski definition) is 4. The zero-order valence-corrected chi connectivity index (χ0v) is 17.6. The molecule has 1 aliphatic heterocycles. The minimum atomic E-state index is -0.922. The van der Waals surface area contributed by atoms with E-state index in [1.807, 2.05) is 36.4 Å². The number of carboxylic acids is 1. The van der Waals surface area contributed by atoms with E-state index in [-0.39, 0.29) is 31.5 Å². The molecule has 2 aromatic carbocycles. The molecule has 0 saturated carbocycles. The molecule has 7 nitrogen and oxygen atoms in total. The summed E-state index contributed by atoms with van der Waals surface area (Å²) < 4.78 is 5.52.